The highest BCUT2D eigenvalue weighted by atomic mass is 16.5. The minimum atomic E-state index is -0.532. The van der Waals surface area contributed by atoms with E-state index in [0.29, 0.717) is 52.0 Å². The highest BCUT2D eigenvalue weighted by Gasteiger charge is 2.20. The van der Waals surface area contributed by atoms with E-state index in [0.717, 1.165) is 0 Å². The van der Waals surface area contributed by atoms with Crippen LogP contribution in [-0.2, 0) is 11.2 Å². The van der Waals surface area contributed by atoms with Crippen LogP contribution in [0.1, 0.15) is 19.5 Å². The minimum Gasteiger partial charge on any atom is -0.497 e. The zero-order valence-corrected chi connectivity index (χ0v) is 16.9. The molecule has 0 aliphatic heterocycles. The van der Waals surface area contributed by atoms with Gasteiger partial charge in [0, 0.05) is 38.0 Å². The van der Waals surface area contributed by atoms with Gasteiger partial charge < -0.3 is 20.1 Å². The summed E-state index contributed by atoms with van der Waals surface area (Å²) < 4.78 is 12.3. The first-order valence-corrected chi connectivity index (χ1v) is 8.93. The Labute approximate surface area is 166 Å². The minimum absolute atomic E-state index is 0.282. The van der Waals surface area contributed by atoms with E-state index in [4.69, 9.17) is 9.47 Å². The van der Waals surface area contributed by atoms with Gasteiger partial charge in [0.15, 0.2) is 11.4 Å². The highest BCUT2D eigenvalue weighted by Crippen LogP contribution is 2.37. The second-order valence-electron chi connectivity index (χ2n) is 6.12. The van der Waals surface area contributed by atoms with Crippen molar-refractivity contribution in [1.82, 2.24) is 19.5 Å². The summed E-state index contributed by atoms with van der Waals surface area (Å²) in [4.78, 5) is 37.3. The van der Waals surface area contributed by atoms with Gasteiger partial charge >= 0.3 is 5.69 Å². The fourth-order valence-electron chi connectivity index (χ4n) is 3.12. The van der Waals surface area contributed by atoms with Crippen LogP contribution in [-0.4, -0.2) is 46.7 Å². The predicted octanol–water partition coefficient (Wildman–Crippen LogP) is 1.76. The quantitative estimate of drug-likeness (QED) is 0.644. The fourth-order valence-corrected chi connectivity index (χ4v) is 3.12. The summed E-state index contributed by atoms with van der Waals surface area (Å²) in [5.74, 6) is 0.846. The summed E-state index contributed by atoms with van der Waals surface area (Å²) in [6, 6.07) is 3.28. The molecule has 10 nitrogen and oxygen atoms in total. The molecule has 3 aromatic rings. The van der Waals surface area contributed by atoms with Gasteiger partial charge in [-0.1, -0.05) is 6.92 Å². The maximum Gasteiger partial charge on any atom is 0.354 e. The number of carbonyl (C=O) groups is 1. The van der Waals surface area contributed by atoms with Gasteiger partial charge in [-0.15, -0.1) is 0 Å². The van der Waals surface area contributed by atoms with Crippen molar-refractivity contribution in [2.75, 3.05) is 31.9 Å². The molecular weight excluding hydrogens is 376 g/mol. The molecule has 2 N–H and O–H groups in total. The SMILES string of the molecule is CCc1c2cnc(NC)nc2nc(=O)n1-c1cc(OC)cc(NC(C)=O)c1OC. The largest absolute Gasteiger partial charge is 0.497 e. The zero-order chi connectivity index (χ0) is 21.1. The molecule has 1 amide bonds. The van der Waals surface area contributed by atoms with Crippen LogP contribution in [0.2, 0.25) is 0 Å². The number of nitrogens with zero attached hydrogens (tertiary/aromatic N) is 4. The fraction of sp³-hybridized carbons (Fsp3) is 0.316. The molecule has 0 fully saturated rings. The lowest BCUT2D eigenvalue weighted by atomic mass is 10.1. The predicted molar refractivity (Wildman–Crippen MR) is 109 cm³/mol. The van der Waals surface area contributed by atoms with Gasteiger partial charge in [-0.2, -0.15) is 9.97 Å². The van der Waals surface area contributed by atoms with Crippen molar-refractivity contribution >= 4 is 28.6 Å². The monoisotopic (exact) mass is 398 g/mol. The molecule has 0 saturated heterocycles. The number of rotatable bonds is 6. The molecule has 152 valence electrons. The average molecular weight is 398 g/mol. The normalized spacial score (nSPS) is 10.7. The zero-order valence-electron chi connectivity index (χ0n) is 16.9. The maximum atomic E-state index is 13.0. The number of amides is 1. The topological polar surface area (TPSA) is 120 Å². The van der Waals surface area contributed by atoms with Crippen LogP contribution in [0, 0.1) is 0 Å². The molecule has 1 aromatic carbocycles. The Kier molecular flexibility index (Phi) is 5.62. The molecule has 0 radical (unpaired) electrons. The van der Waals surface area contributed by atoms with E-state index < -0.39 is 5.69 Å². The van der Waals surface area contributed by atoms with Crippen LogP contribution < -0.4 is 25.8 Å². The van der Waals surface area contributed by atoms with Crippen molar-refractivity contribution in [3.05, 3.63) is 34.5 Å². The summed E-state index contributed by atoms with van der Waals surface area (Å²) >= 11 is 0. The Morgan fingerprint density at radius 1 is 1.21 bits per heavy atom. The first-order chi connectivity index (χ1) is 13.9. The van der Waals surface area contributed by atoms with Gasteiger partial charge in [0.2, 0.25) is 11.9 Å². The Morgan fingerprint density at radius 3 is 2.55 bits per heavy atom. The summed E-state index contributed by atoms with van der Waals surface area (Å²) in [6.45, 7) is 3.30. The van der Waals surface area contributed by atoms with Gasteiger partial charge in [-0.25, -0.2) is 9.78 Å². The van der Waals surface area contributed by atoms with Crippen molar-refractivity contribution in [2.45, 2.75) is 20.3 Å². The Hall–Kier alpha value is -3.69. The first kappa shape index (κ1) is 20.1. The number of hydrogen-bond donors (Lipinski definition) is 2. The van der Waals surface area contributed by atoms with E-state index >= 15 is 0 Å². The second kappa shape index (κ2) is 8.13. The number of anilines is 2. The van der Waals surface area contributed by atoms with Crippen LogP contribution in [0.25, 0.3) is 16.7 Å². The molecule has 29 heavy (non-hydrogen) atoms. The summed E-state index contributed by atoms with van der Waals surface area (Å²) in [5.41, 5.74) is 1.19. The van der Waals surface area contributed by atoms with Crippen LogP contribution >= 0.6 is 0 Å². The summed E-state index contributed by atoms with van der Waals surface area (Å²) in [6.07, 6.45) is 2.13. The van der Waals surface area contributed by atoms with Gasteiger partial charge in [0.25, 0.3) is 0 Å². The van der Waals surface area contributed by atoms with Crippen LogP contribution in [0.4, 0.5) is 11.6 Å². The lowest BCUT2D eigenvalue weighted by Gasteiger charge is -2.19. The van der Waals surface area contributed by atoms with E-state index in [-0.39, 0.29) is 5.91 Å². The number of hydrogen-bond acceptors (Lipinski definition) is 8. The number of nitrogens with one attached hydrogen (secondary N) is 2. The number of benzene rings is 1. The van der Waals surface area contributed by atoms with E-state index in [9.17, 15) is 9.59 Å². The molecule has 0 bridgehead atoms. The molecule has 0 saturated carbocycles. The Morgan fingerprint density at radius 2 is 1.97 bits per heavy atom. The number of methoxy groups -OCH3 is 2. The van der Waals surface area contributed by atoms with Crippen LogP contribution in [0.3, 0.4) is 0 Å². The lowest BCUT2D eigenvalue weighted by Crippen LogP contribution is -2.26. The standard InChI is InChI=1S/C19H22N6O4/c1-6-14-12-9-21-18(20-3)23-17(12)24-19(27)25(14)15-8-11(28-4)7-13(16(15)29-5)22-10(2)26/h7-9H,6H2,1-5H3,(H,22,26)(H,20,23,24,27). The van der Waals surface area contributed by atoms with Crippen molar-refractivity contribution < 1.29 is 14.3 Å². The van der Waals surface area contributed by atoms with Gasteiger partial charge in [0.05, 0.1) is 31.0 Å². The van der Waals surface area contributed by atoms with Crippen molar-refractivity contribution in [2.24, 2.45) is 0 Å². The van der Waals surface area contributed by atoms with Gasteiger partial charge in [-0.05, 0) is 6.42 Å². The van der Waals surface area contributed by atoms with Crippen molar-refractivity contribution in [3.63, 3.8) is 0 Å². The smallest absolute Gasteiger partial charge is 0.354 e. The van der Waals surface area contributed by atoms with Crippen molar-refractivity contribution in [1.29, 1.82) is 0 Å². The van der Waals surface area contributed by atoms with Gasteiger partial charge in [0.1, 0.15) is 5.75 Å². The molecule has 0 aliphatic rings. The maximum absolute atomic E-state index is 13.0. The number of fused-ring (bicyclic) bond motifs is 1. The van der Waals surface area contributed by atoms with Crippen LogP contribution in [0.15, 0.2) is 23.1 Å². The first-order valence-electron chi connectivity index (χ1n) is 8.93. The Bertz CT molecular complexity index is 1140. The van der Waals surface area contributed by atoms with Gasteiger partial charge in [-0.3, -0.25) is 9.36 Å². The summed E-state index contributed by atoms with van der Waals surface area (Å²) in [7, 11) is 4.65. The Balaban J connectivity index is 2.39. The molecule has 3 rings (SSSR count). The second-order valence-corrected chi connectivity index (χ2v) is 6.12. The van der Waals surface area contributed by atoms with E-state index in [1.807, 2.05) is 6.92 Å². The number of ether oxygens (including phenoxy) is 2. The number of aryl methyl sites for hydroxylation is 1. The van der Waals surface area contributed by atoms with E-state index in [1.54, 1.807) is 25.4 Å². The number of aromatic nitrogens is 4. The third-order valence-electron chi connectivity index (χ3n) is 4.34. The van der Waals surface area contributed by atoms with E-state index in [1.165, 1.54) is 25.7 Å². The van der Waals surface area contributed by atoms with Crippen LogP contribution in [0.5, 0.6) is 11.5 Å². The molecule has 0 atom stereocenters. The third kappa shape index (κ3) is 3.68. The van der Waals surface area contributed by atoms with E-state index in [2.05, 4.69) is 25.6 Å². The van der Waals surface area contributed by atoms with Crippen molar-refractivity contribution in [3.8, 4) is 17.2 Å². The molecular formula is C19H22N6O4. The molecule has 2 heterocycles. The molecule has 2 aromatic heterocycles. The number of carbonyl (C=O) groups excluding carboxylic acids is 1. The lowest BCUT2D eigenvalue weighted by molar-refractivity contribution is -0.114. The molecule has 0 unspecified atom stereocenters. The average Bonchev–Trinajstić information content (AvgIpc) is 2.71. The molecule has 0 spiro atoms. The molecule has 10 heteroatoms. The highest BCUT2D eigenvalue weighted by molar-refractivity contribution is 5.92. The third-order valence-corrected chi connectivity index (χ3v) is 4.34. The molecule has 0 aliphatic carbocycles. The summed E-state index contributed by atoms with van der Waals surface area (Å²) in [5, 5.41) is 6.18.